The van der Waals surface area contributed by atoms with E-state index in [9.17, 15) is 4.79 Å². The topological polar surface area (TPSA) is 54.0 Å². The van der Waals surface area contributed by atoms with Gasteiger partial charge >= 0.3 is 116 Å². The number of rotatable bonds is 10. The van der Waals surface area contributed by atoms with Crippen molar-refractivity contribution in [3.63, 3.8) is 0 Å². The van der Waals surface area contributed by atoms with Crippen molar-refractivity contribution in [3.05, 3.63) is 11.8 Å². The zero-order valence-corrected chi connectivity index (χ0v) is 14.2. The van der Waals surface area contributed by atoms with E-state index < -0.39 is 23.3 Å². The molecule has 0 N–H and O–H groups in total. The average Bonchev–Trinajstić information content (AvgIpc) is 2.32. The summed E-state index contributed by atoms with van der Waals surface area (Å²) in [5.74, 6) is 0.0905. The van der Waals surface area contributed by atoms with Gasteiger partial charge in [0.1, 0.15) is 0 Å². The molecule has 0 rings (SSSR count). The molecule has 5 nitrogen and oxygen atoms in total. The van der Waals surface area contributed by atoms with Crippen molar-refractivity contribution in [2.24, 2.45) is 0 Å². The molecular formula is C12H23GaO5-. The zero-order chi connectivity index (χ0) is 13.8. The van der Waals surface area contributed by atoms with Crippen molar-refractivity contribution < 1.29 is 20.1 Å². The van der Waals surface area contributed by atoms with Gasteiger partial charge in [-0.2, -0.15) is 0 Å². The maximum atomic E-state index is 11.2. The molecule has 0 aliphatic carbocycles. The second-order valence-electron chi connectivity index (χ2n) is 3.66. The summed E-state index contributed by atoms with van der Waals surface area (Å²) < 4.78 is 21.5. The van der Waals surface area contributed by atoms with Gasteiger partial charge in [-0.15, -0.1) is 0 Å². The van der Waals surface area contributed by atoms with Crippen molar-refractivity contribution in [1.82, 2.24) is 0 Å². The molecule has 0 bridgehead atoms. The van der Waals surface area contributed by atoms with Crippen LogP contribution in [0.5, 0.6) is 0 Å². The molecule has 105 valence electrons. The molecule has 0 saturated heterocycles. The van der Waals surface area contributed by atoms with Crippen molar-refractivity contribution in [2.75, 3.05) is 19.8 Å². The molecule has 0 aromatic rings. The monoisotopic (exact) mass is 316 g/mol. The Kier molecular flexibility index (Phi) is 11.4. The van der Waals surface area contributed by atoms with E-state index >= 15 is 0 Å². The Morgan fingerprint density at radius 2 is 1.67 bits per heavy atom. The van der Waals surface area contributed by atoms with Gasteiger partial charge in [-0.1, -0.05) is 0 Å². The molecule has 1 radical (unpaired) electrons. The first-order chi connectivity index (χ1) is 8.63. The fourth-order valence-electron chi connectivity index (χ4n) is 1.08. The molecular weight excluding hydrogens is 294 g/mol. The standard InChI is InChI=1S/C6H10O3.2C3H7O.Ga/c1-3-9-6(8)4-5(2)7;2*1-2-3-4;/h4,7H,3H2,1-2H3;2*2-3H2,1H3;/q;2*-1;+2/p-1/b5-4-;;;. The minimum absolute atomic E-state index is 0.353. The summed E-state index contributed by atoms with van der Waals surface area (Å²) in [6, 6.07) is 0. The maximum absolute atomic E-state index is 11.2. The first-order valence-electron chi connectivity index (χ1n) is 6.38. The molecule has 0 fully saturated rings. The Morgan fingerprint density at radius 1 is 1.11 bits per heavy atom. The molecule has 0 saturated carbocycles. The summed E-state index contributed by atoms with van der Waals surface area (Å²) in [6.45, 7) is 9.13. The van der Waals surface area contributed by atoms with E-state index in [1.807, 2.05) is 13.8 Å². The quantitative estimate of drug-likeness (QED) is 0.268. The Labute approximate surface area is 116 Å². The number of esters is 1. The van der Waals surface area contributed by atoms with Crippen LogP contribution >= 0.6 is 0 Å². The third-order valence-electron chi connectivity index (χ3n) is 1.81. The third-order valence-corrected chi connectivity index (χ3v) is 5.12. The van der Waals surface area contributed by atoms with Gasteiger partial charge in [-0.05, 0) is 0 Å². The van der Waals surface area contributed by atoms with E-state index in [-0.39, 0.29) is 0 Å². The van der Waals surface area contributed by atoms with Crippen molar-refractivity contribution in [2.45, 2.75) is 40.5 Å². The third kappa shape index (κ3) is 9.58. The molecule has 0 aliphatic heterocycles. The number of carbonyl (C=O) groups excluding carboxylic acids is 1. The SMILES string of the molecule is CCC[O][Ga-]([O]CCC)[O]/C(C)=C\C(=O)OCC. The summed E-state index contributed by atoms with van der Waals surface area (Å²) >= 11 is -2.68. The molecule has 0 amide bonds. The predicted molar refractivity (Wildman–Crippen MR) is 69.7 cm³/mol. The summed E-state index contributed by atoms with van der Waals surface area (Å²) in [7, 11) is 0. The first-order valence-corrected chi connectivity index (χ1v) is 9.35. The molecule has 0 aromatic heterocycles. The summed E-state index contributed by atoms with van der Waals surface area (Å²) in [6.07, 6.45) is 3.16. The Bertz CT molecular complexity index is 247. The fraction of sp³-hybridized carbons (Fsp3) is 0.750. The van der Waals surface area contributed by atoms with Crippen LogP contribution in [0.3, 0.4) is 0 Å². The van der Waals surface area contributed by atoms with Crippen molar-refractivity contribution in [3.8, 4) is 0 Å². The second-order valence-corrected chi connectivity index (χ2v) is 6.76. The molecule has 0 atom stereocenters. The zero-order valence-electron chi connectivity index (χ0n) is 11.7. The van der Waals surface area contributed by atoms with Crippen molar-refractivity contribution >= 4 is 23.3 Å². The number of ether oxygens (including phenoxy) is 1. The van der Waals surface area contributed by atoms with Crippen LogP contribution < -0.4 is 0 Å². The minimum atomic E-state index is -2.68. The Balaban J connectivity index is 4.22. The van der Waals surface area contributed by atoms with Crippen LogP contribution in [0.1, 0.15) is 40.5 Å². The summed E-state index contributed by atoms with van der Waals surface area (Å²) in [5, 5.41) is 0. The van der Waals surface area contributed by atoms with Crippen LogP contribution in [0, 0.1) is 0 Å². The summed E-state index contributed by atoms with van der Waals surface area (Å²) in [5.41, 5.74) is 0. The number of carbonyl (C=O) groups is 1. The normalized spacial score (nSPS) is 11.7. The number of hydrogen-bond acceptors (Lipinski definition) is 5. The van der Waals surface area contributed by atoms with Crippen LogP contribution in [-0.4, -0.2) is 43.1 Å². The van der Waals surface area contributed by atoms with Crippen LogP contribution in [-0.2, 0) is 20.1 Å². The van der Waals surface area contributed by atoms with E-state index in [1.165, 1.54) is 6.08 Å². The molecule has 0 aromatic carbocycles. The van der Waals surface area contributed by atoms with Crippen LogP contribution in [0.2, 0.25) is 0 Å². The van der Waals surface area contributed by atoms with E-state index in [2.05, 4.69) is 0 Å². The first kappa shape index (κ1) is 17.6. The molecule has 0 aliphatic rings. The summed E-state index contributed by atoms with van der Waals surface area (Å²) in [4.78, 5) is 11.2. The fourth-order valence-corrected chi connectivity index (χ4v) is 4.14. The van der Waals surface area contributed by atoms with E-state index in [0.29, 0.717) is 25.6 Å². The van der Waals surface area contributed by atoms with Crippen molar-refractivity contribution in [1.29, 1.82) is 0 Å². The number of allylic oxidation sites excluding steroid dienone is 1. The molecule has 0 heterocycles. The molecule has 6 heteroatoms. The van der Waals surface area contributed by atoms with Gasteiger partial charge in [0, 0.05) is 0 Å². The second kappa shape index (κ2) is 11.6. The van der Waals surface area contributed by atoms with Gasteiger partial charge in [-0.25, -0.2) is 0 Å². The van der Waals surface area contributed by atoms with Crippen LogP contribution in [0.25, 0.3) is 0 Å². The van der Waals surface area contributed by atoms with Gasteiger partial charge in [0.15, 0.2) is 0 Å². The van der Waals surface area contributed by atoms with Gasteiger partial charge in [0.05, 0.1) is 0 Å². The van der Waals surface area contributed by atoms with Crippen LogP contribution in [0.15, 0.2) is 11.8 Å². The molecule has 0 spiro atoms. The van der Waals surface area contributed by atoms with Crippen LogP contribution in [0.4, 0.5) is 0 Å². The number of hydrogen-bond donors (Lipinski definition) is 0. The van der Waals surface area contributed by atoms with E-state index in [4.69, 9.17) is 15.3 Å². The van der Waals surface area contributed by atoms with E-state index in [1.54, 1.807) is 13.8 Å². The van der Waals surface area contributed by atoms with Gasteiger partial charge in [0.2, 0.25) is 0 Å². The molecule has 0 unspecified atom stereocenters. The Hall–Kier alpha value is -0.434. The van der Waals surface area contributed by atoms with Gasteiger partial charge in [0.25, 0.3) is 0 Å². The predicted octanol–water partition coefficient (Wildman–Crippen LogP) is 2.31. The molecule has 18 heavy (non-hydrogen) atoms. The average molecular weight is 317 g/mol. The van der Waals surface area contributed by atoms with Gasteiger partial charge < -0.3 is 0 Å². The Morgan fingerprint density at radius 3 is 2.11 bits per heavy atom. The van der Waals surface area contributed by atoms with Gasteiger partial charge in [-0.3, -0.25) is 0 Å². The van der Waals surface area contributed by atoms with E-state index in [0.717, 1.165) is 12.8 Å².